The van der Waals surface area contributed by atoms with E-state index in [1.807, 2.05) is 13.8 Å². The molecule has 1 fully saturated rings. The van der Waals surface area contributed by atoms with E-state index in [-0.39, 0.29) is 0 Å². The van der Waals surface area contributed by atoms with Gasteiger partial charge in [-0.25, -0.2) is 9.71 Å². The summed E-state index contributed by atoms with van der Waals surface area (Å²) in [6.07, 6.45) is 2.47. The summed E-state index contributed by atoms with van der Waals surface area (Å²) in [4.78, 5) is 5.38. The molecule has 0 amide bonds. The van der Waals surface area contributed by atoms with Crippen molar-refractivity contribution in [3.05, 3.63) is 10.6 Å². The average molecular weight is 318 g/mol. The van der Waals surface area contributed by atoms with Crippen LogP contribution in [0.2, 0.25) is 0 Å². The molecule has 0 radical (unpaired) electrons. The number of aromatic nitrogens is 1. The second-order valence-electron chi connectivity index (χ2n) is 5.06. The zero-order valence-corrected chi connectivity index (χ0v) is 13.6. The number of thiazole rings is 1. The van der Waals surface area contributed by atoms with Crippen LogP contribution in [0.5, 0.6) is 0 Å². The SMILES string of the molecule is CCc1nc(NS(=O)(=O)N2CCC(CN)CC2)sc1C. The van der Waals surface area contributed by atoms with E-state index in [0.29, 0.717) is 30.7 Å². The average Bonchev–Trinajstić information content (AvgIpc) is 2.78. The maximum absolute atomic E-state index is 12.3. The quantitative estimate of drug-likeness (QED) is 0.857. The molecule has 0 bridgehead atoms. The lowest BCUT2D eigenvalue weighted by atomic mass is 9.99. The van der Waals surface area contributed by atoms with Gasteiger partial charge < -0.3 is 5.73 Å². The fourth-order valence-electron chi connectivity index (χ4n) is 2.36. The Kier molecular flexibility index (Phi) is 5.00. The first-order valence-electron chi connectivity index (χ1n) is 6.90. The highest BCUT2D eigenvalue weighted by molar-refractivity contribution is 7.90. The van der Waals surface area contributed by atoms with Gasteiger partial charge in [-0.1, -0.05) is 6.92 Å². The Morgan fingerprint density at radius 2 is 2.10 bits per heavy atom. The number of hydrogen-bond acceptors (Lipinski definition) is 5. The third kappa shape index (κ3) is 3.49. The first-order valence-corrected chi connectivity index (χ1v) is 9.16. The predicted octanol–water partition coefficient (Wildman–Crippen LogP) is 1.34. The summed E-state index contributed by atoms with van der Waals surface area (Å²) < 4.78 is 28.7. The lowest BCUT2D eigenvalue weighted by molar-refractivity contribution is 0.280. The maximum Gasteiger partial charge on any atom is 0.303 e. The van der Waals surface area contributed by atoms with Crippen LogP contribution in [0.3, 0.4) is 0 Å². The van der Waals surface area contributed by atoms with Crippen molar-refractivity contribution in [3.8, 4) is 0 Å². The Bertz CT molecular complexity index is 548. The smallest absolute Gasteiger partial charge is 0.303 e. The van der Waals surface area contributed by atoms with E-state index in [4.69, 9.17) is 5.73 Å². The van der Waals surface area contributed by atoms with Gasteiger partial charge >= 0.3 is 10.2 Å². The summed E-state index contributed by atoms with van der Waals surface area (Å²) in [6, 6.07) is 0. The molecule has 1 saturated heterocycles. The van der Waals surface area contributed by atoms with E-state index in [9.17, 15) is 8.42 Å². The van der Waals surface area contributed by atoms with Crippen LogP contribution >= 0.6 is 11.3 Å². The highest BCUT2D eigenvalue weighted by Gasteiger charge is 2.28. The molecule has 2 heterocycles. The summed E-state index contributed by atoms with van der Waals surface area (Å²) in [5.74, 6) is 0.440. The number of piperidine rings is 1. The van der Waals surface area contributed by atoms with Gasteiger partial charge in [0.05, 0.1) is 5.69 Å². The van der Waals surface area contributed by atoms with Gasteiger partial charge in [0.25, 0.3) is 0 Å². The Hall–Kier alpha value is -0.700. The molecule has 0 unspecified atom stereocenters. The number of aryl methyl sites for hydroxylation is 2. The van der Waals surface area contributed by atoms with Gasteiger partial charge in [0, 0.05) is 18.0 Å². The van der Waals surface area contributed by atoms with Crippen molar-refractivity contribution in [2.75, 3.05) is 24.4 Å². The lowest BCUT2D eigenvalue weighted by Gasteiger charge is -2.30. The van der Waals surface area contributed by atoms with Gasteiger partial charge in [-0.2, -0.15) is 12.7 Å². The zero-order valence-electron chi connectivity index (χ0n) is 11.9. The van der Waals surface area contributed by atoms with Crippen LogP contribution in [0.4, 0.5) is 5.13 Å². The van der Waals surface area contributed by atoms with E-state index in [1.54, 1.807) is 0 Å². The van der Waals surface area contributed by atoms with Crippen molar-refractivity contribution in [3.63, 3.8) is 0 Å². The second kappa shape index (κ2) is 6.38. The molecule has 1 aromatic heterocycles. The number of nitrogens with two attached hydrogens (primary N) is 1. The zero-order chi connectivity index (χ0) is 14.8. The van der Waals surface area contributed by atoms with Crippen molar-refractivity contribution in [1.82, 2.24) is 9.29 Å². The fraction of sp³-hybridized carbons (Fsp3) is 0.750. The van der Waals surface area contributed by atoms with Crippen molar-refractivity contribution >= 4 is 26.7 Å². The number of hydrogen-bond donors (Lipinski definition) is 2. The van der Waals surface area contributed by atoms with Crippen LogP contribution in [-0.2, 0) is 16.6 Å². The normalized spacial score (nSPS) is 18.4. The molecule has 20 heavy (non-hydrogen) atoms. The van der Waals surface area contributed by atoms with E-state index >= 15 is 0 Å². The molecule has 6 nitrogen and oxygen atoms in total. The highest BCUT2D eigenvalue weighted by Crippen LogP contribution is 2.25. The maximum atomic E-state index is 12.3. The van der Waals surface area contributed by atoms with E-state index < -0.39 is 10.2 Å². The molecule has 1 aromatic rings. The molecule has 2 rings (SSSR count). The Morgan fingerprint density at radius 3 is 2.60 bits per heavy atom. The summed E-state index contributed by atoms with van der Waals surface area (Å²) in [5.41, 5.74) is 6.58. The molecule has 1 aliphatic rings. The molecular formula is C12H22N4O2S2. The molecule has 114 valence electrons. The third-order valence-corrected chi connectivity index (χ3v) is 6.24. The Balaban J connectivity index is 2.03. The lowest BCUT2D eigenvalue weighted by Crippen LogP contribution is -2.42. The molecule has 0 aromatic carbocycles. The van der Waals surface area contributed by atoms with Crippen LogP contribution in [0, 0.1) is 12.8 Å². The van der Waals surface area contributed by atoms with Crippen LogP contribution in [-0.4, -0.2) is 37.3 Å². The first-order chi connectivity index (χ1) is 9.46. The largest absolute Gasteiger partial charge is 0.330 e. The standard InChI is InChI=1S/C12H22N4O2S2/c1-3-11-9(2)19-12(14-11)15-20(17,18)16-6-4-10(8-13)5-7-16/h10H,3-8,13H2,1-2H3,(H,14,15). The monoisotopic (exact) mass is 318 g/mol. The van der Waals surface area contributed by atoms with E-state index in [2.05, 4.69) is 9.71 Å². The number of anilines is 1. The van der Waals surface area contributed by atoms with Gasteiger partial charge in [0.2, 0.25) is 0 Å². The number of rotatable bonds is 5. The topological polar surface area (TPSA) is 88.3 Å². The Labute approximate surface area is 124 Å². The summed E-state index contributed by atoms with van der Waals surface area (Å²) in [6.45, 7) is 5.66. The second-order valence-corrected chi connectivity index (χ2v) is 7.93. The predicted molar refractivity (Wildman–Crippen MR) is 82.1 cm³/mol. The third-order valence-electron chi connectivity index (χ3n) is 3.69. The van der Waals surface area contributed by atoms with Gasteiger partial charge in [-0.15, -0.1) is 11.3 Å². The molecule has 3 N–H and O–H groups in total. The molecule has 0 spiro atoms. The van der Waals surface area contributed by atoms with Gasteiger partial charge in [0.1, 0.15) is 0 Å². The molecule has 8 heteroatoms. The van der Waals surface area contributed by atoms with Crippen molar-refractivity contribution in [1.29, 1.82) is 0 Å². The Morgan fingerprint density at radius 1 is 1.45 bits per heavy atom. The van der Waals surface area contributed by atoms with Gasteiger partial charge in [-0.05, 0) is 38.6 Å². The van der Waals surface area contributed by atoms with Crippen LogP contribution < -0.4 is 10.5 Å². The van der Waals surface area contributed by atoms with Crippen molar-refractivity contribution in [2.45, 2.75) is 33.1 Å². The highest BCUT2D eigenvalue weighted by atomic mass is 32.2. The van der Waals surface area contributed by atoms with Crippen molar-refractivity contribution in [2.24, 2.45) is 11.7 Å². The van der Waals surface area contributed by atoms with Gasteiger partial charge in [-0.3, -0.25) is 0 Å². The van der Waals surface area contributed by atoms with E-state index in [1.165, 1.54) is 15.6 Å². The minimum Gasteiger partial charge on any atom is -0.330 e. The van der Waals surface area contributed by atoms with Crippen molar-refractivity contribution < 1.29 is 8.42 Å². The summed E-state index contributed by atoms with van der Waals surface area (Å²) >= 11 is 1.39. The minimum absolute atomic E-state index is 0.440. The molecule has 0 atom stereocenters. The summed E-state index contributed by atoms with van der Waals surface area (Å²) in [5, 5.41) is 0.459. The van der Waals surface area contributed by atoms with Gasteiger partial charge in [0.15, 0.2) is 5.13 Å². The fourth-order valence-corrected chi connectivity index (χ4v) is 4.68. The molecule has 0 saturated carbocycles. The van der Waals surface area contributed by atoms with E-state index in [0.717, 1.165) is 29.8 Å². The number of nitrogens with zero attached hydrogens (tertiary/aromatic N) is 2. The van der Waals surface area contributed by atoms with Crippen LogP contribution in [0.1, 0.15) is 30.3 Å². The molecule has 0 aliphatic carbocycles. The molecule has 1 aliphatic heterocycles. The minimum atomic E-state index is -3.49. The summed E-state index contributed by atoms with van der Waals surface area (Å²) in [7, 11) is -3.49. The first kappa shape index (κ1) is 15.7. The number of nitrogens with one attached hydrogen (secondary N) is 1. The van der Waals surface area contributed by atoms with Crippen LogP contribution in [0.25, 0.3) is 0 Å². The van der Waals surface area contributed by atoms with Crippen LogP contribution in [0.15, 0.2) is 0 Å². The molecular weight excluding hydrogens is 296 g/mol.